The molecule has 1 aromatic heterocycles. The second-order valence-corrected chi connectivity index (χ2v) is 6.38. The Morgan fingerprint density at radius 2 is 2.09 bits per heavy atom. The van der Waals surface area contributed by atoms with E-state index >= 15 is 0 Å². The fraction of sp³-hybridized carbons (Fsp3) is 0.125. The first-order valence-corrected chi connectivity index (χ1v) is 7.79. The van der Waals surface area contributed by atoms with Crippen LogP contribution in [-0.2, 0) is 6.54 Å². The molecule has 22 heavy (non-hydrogen) atoms. The van der Waals surface area contributed by atoms with E-state index in [1.54, 1.807) is 18.4 Å². The standard InChI is InChI=1S/C16H12ClFN2OS/c1-20(16(21)11-7-6-10(18)8-12(11)17)9-15-19-13-4-2-3-5-14(13)22-15/h2-8H,9H2,1H3. The molecule has 0 unspecified atom stereocenters. The van der Waals surface area contributed by atoms with Crippen molar-refractivity contribution in [3.63, 3.8) is 0 Å². The molecule has 0 aliphatic carbocycles. The Hall–Kier alpha value is -1.98. The molecule has 0 fully saturated rings. The van der Waals surface area contributed by atoms with E-state index in [1.165, 1.54) is 17.0 Å². The molecule has 1 heterocycles. The van der Waals surface area contributed by atoms with Crippen molar-refractivity contribution in [1.29, 1.82) is 0 Å². The predicted molar refractivity (Wildman–Crippen MR) is 86.8 cm³/mol. The topological polar surface area (TPSA) is 33.2 Å². The number of rotatable bonds is 3. The minimum absolute atomic E-state index is 0.112. The Labute approximate surface area is 136 Å². The predicted octanol–water partition coefficient (Wildman–Crippen LogP) is 4.36. The molecule has 0 aliphatic rings. The van der Waals surface area contributed by atoms with E-state index in [0.29, 0.717) is 6.54 Å². The average molecular weight is 335 g/mol. The molecule has 2 aromatic carbocycles. The fourth-order valence-electron chi connectivity index (χ4n) is 2.13. The van der Waals surface area contributed by atoms with Crippen LogP contribution < -0.4 is 0 Å². The summed E-state index contributed by atoms with van der Waals surface area (Å²) in [5.41, 5.74) is 1.20. The quantitative estimate of drug-likeness (QED) is 0.713. The number of amides is 1. The van der Waals surface area contributed by atoms with E-state index in [4.69, 9.17) is 11.6 Å². The lowest BCUT2D eigenvalue weighted by Gasteiger charge is -2.16. The van der Waals surface area contributed by atoms with Gasteiger partial charge in [-0.15, -0.1) is 11.3 Å². The highest BCUT2D eigenvalue weighted by atomic mass is 35.5. The highest BCUT2D eigenvalue weighted by Crippen LogP contribution is 2.24. The normalized spacial score (nSPS) is 10.9. The smallest absolute Gasteiger partial charge is 0.255 e. The van der Waals surface area contributed by atoms with Crippen LogP contribution in [0.3, 0.4) is 0 Å². The van der Waals surface area contributed by atoms with Gasteiger partial charge < -0.3 is 4.90 Å². The molecule has 0 aliphatic heterocycles. The van der Waals surface area contributed by atoms with Gasteiger partial charge >= 0.3 is 0 Å². The molecule has 0 saturated carbocycles. The number of halogens is 2. The van der Waals surface area contributed by atoms with E-state index in [0.717, 1.165) is 21.3 Å². The van der Waals surface area contributed by atoms with Gasteiger partial charge in [-0.3, -0.25) is 4.79 Å². The van der Waals surface area contributed by atoms with Crippen molar-refractivity contribution < 1.29 is 9.18 Å². The zero-order valence-electron chi connectivity index (χ0n) is 11.7. The van der Waals surface area contributed by atoms with Crippen LogP contribution in [0.25, 0.3) is 10.2 Å². The first kappa shape index (κ1) is 14.9. The van der Waals surface area contributed by atoms with Crippen molar-refractivity contribution in [2.24, 2.45) is 0 Å². The SMILES string of the molecule is CN(Cc1nc2ccccc2s1)C(=O)c1ccc(F)cc1Cl. The minimum atomic E-state index is -0.463. The Morgan fingerprint density at radius 3 is 2.82 bits per heavy atom. The number of thiazole rings is 1. The Morgan fingerprint density at radius 1 is 1.32 bits per heavy atom. The number of aromatic nitrogens is 1. The summed E-state index contributed by atoms with van der Waals surface area (Å²) < 4.78 is 14.1. The van der Waals surface area contributed by atoms with Gasteiger partial charge in [0.1, 0.15) is 10.8 Å². The molecule has 0 spiro atoms. The van der Waals surface area contributed by atoms with Crippen molar-refractivity contribution >= 4 is 39.1 Å². The zero-order valence-corrected chi connectivity index (χ0v) is 13.3. The number of para-hydroxylation sites is 1. The van der Waals surface area contributed by atoms with Crippen molar-refractivity contribution in [3.05, 3.63) is 63.9 Å². The van der Waals surface area contributed by atoms with Crippen LogP contribution in [0, 0.1) is 5.82 Å². The summed E-state index contributed by atoms with van der Waals surface area (Å²) in [6.07, 6.45) is 0. The molecule has 0 N–H and O–H groups in total. The van der Waals surface area contributed by atoms with Crippen molar-refractivity contribution in [3.8, 4) is 0 Å². The number of fused-ring (bicyclic) bond motifs is 1. The molecule has 3 nitrogen and oxygen atoms in total. The summed E-state index contributed by atoms with van der Waals surface area (Å²) in [4.78, 5) is 18.4. The van der Waals surface area contributed by atoms with Crippen LogP contribution in [0.2, 0.25) is 5.02 Å². The van der Waals surface area contributed by atoms with Crippen LogP contribution >= 0.6 is 22.9 Å². The van der Waals surface area contributed by atoms with Gasteiger partial charge in [0.25, 0.3) is 5.91 Å². The summed E-state index contributed by atoms with van der Waals surface area (Å²) in [5, 5.41) is 0.955. The maximum atomic E-state index is 13.1. The third kappa shape index (κ3) is 2.96. The number of benzene rings is 2. The molecule has 0 saturated heterocycles. The van der Waals surface area contributed by atoms with E-state index in [1.807, 2.05) is 24.3 Å². The molecule has 0 atom stereocenters. The lowest BCUT2D eigenvalue weighted by atomic mass is 10.2. The van der Waals surface area contributed by atoms with Gasteiger partial charge in [-0.25, -0.2) is 9.37 Å². The van der Waals surface area contributed by atoms with Crippen LogP contribution in [-0.4, -0.2) is 22.8 Å². The van der Waals surface area contributed by atoms with Crippen molar-refractivity contribution in [1.82, 2.24) is 9.88 Å². The van der Waals surface area contributed by atoms with Crippen LogP contribution in [0.5, 0.6) is 0 Å². The number of hydrogen-bond acceptors (Lipinski definition) is 3. The molecule has 112 valence electrons. The van der Waals surface area contributed by atoms with Crippen LogP contribution in [0.15, 0.2) is 42.5 Å². The maximum Gasteiger partial charge on any atom is 0.255 e. The van der Waals surface area contributed by atoms with Gasteiger partial charge in [0, 0.05) is 7.05 Å². The average Bonchev–Trinajstić information content (AvgIpc) is 2.88. The Balaban J connectivity index is 1.81. The number of carbonyl (C=O) groups is 1. The minimum Gasteiger partial charge on any atom is -0.335 e. The lowest BCUT2D eigenvalue weighted by molar-refractivity contribution is 0.0785. The van der Waals surface area contributed by atoms with Gasteiger partial charge in [-0.2, -0.15) is 0 Å². The van der Waals surface area contributed by atoms with E-state index < -0.39 is 5.82 Å². The third-order valence-electron chi connectivity index (χ3n) is 3.22. The van der Waals surface area contributed by atoms with Gasteiger partial charge in [-0.1, -0.05) is 23.7 Å². The second kappa shape index (κ2) is 6.02. The third-order valence-corrected chi connectivity index (χ3v) is 4.55. The summed E-state index contributed by atoms with van der Waals surface area (Å²) in [6.45, 7) is 0.381. The lowest BCUT2D eigenvalue weighted by Crippen LogP contribution is -2.26. The molecule has 3 rings (SSSR count). The fourth-order valence-corrected chi connectivity index (χ4v) is 3.40. The van der Waals surface area contributed by atoms with Gasteiger partial charge in [0.2, 0.25) is 0 Å². The zero-order chi connectivity index (χ0) is 15.7. The Kier molecular flexibility index (Phi) is 4.09. The first-order valence-electron chi connectivity index (χ1n) is 6.59. The van der Waals surface area contributed by atoms with Gasteiger partial charge in [0.15, 0.2) is 0 Å². The molecule has 1 amide bonds. The number of hydrogen-bond donors (Lipinski definition) is 0. The number of carbonyl (C=O) groups excluding carboxylic acids is 1. The summed E-state index contributed by atoms with van der Waals surface area (Å²) in [5.74, 6) is -0.723. The summed E-state index contributed by atoms with van der Waals surface area (Å²) >= 11 is 7.48. The van der Waals surface area contributed by atoms with Gasteiger partial charge in [-0.05, 0) is 30.3 Å². The highest BCUT2D eigenvalue weighted by molar-refractivity contribution is 7.18. The molecule has 6 heteroatoms. The van der Waals surface area contributed by atoms with Crippen LogP contribution in [0.4, 0.5) is 4.39 Å². The van der Waals surface area contributed by atoms with Crippen molar-refractivity contribution in [2.75, 3.05) is 7.05 Å². The first-order chi connectivity index (χ1) is 10.5. The molecule has 0 bridgehead atoms. The van der Waals surface area contributed by atoms with Crippen LogP contribution in [0.1, 0.15) is 15.4 Å². The second-order valence-electron chi connectivity index (χ2n) is 4.86. The Bertz CT molecular complexity index is 816. The number of nitrogens with zero attached hydrogens (tertiary/aromatic N) is 2. The van der Waals surface area contributed by atoms with Gasteiger partial charge in [0.05, 0.1) is 27.3 Å². The molecular formula is C16H12ClFN2OS. The van der Waals surface area contributed by atoms with Crippen molar-refractivity contribution in [2.45, 2.75) is 6.54 Å². The van der Waals surface area contributed by atoms with E-state index in [-0.39, 0.29) is 16.5 Å². The summed E-state index contributed by atoms with van der Waals surface area (Å²) in [7, 11) is 1.67. The molecular weight excluding hydrogens is 323 g/mol. The van der Waals surface area contributed by atoms with E-state index in [2.05, 4.69) is 4.98 Å². The van der Waals surface area contributed by atoms with E-state index in [9.17, 15) is 9.18 Å². The molecule has 0 radical (unpaired) electrons. The highest BCUT2D eigenvalue weighted by Gasteiger charge is 2.17. The monoisotopic (exact) mass is 334 g/mol. The maximum absolute atomic E-state index is 13.1. The summed E-state index contributed by atoms with van der Waals surface area (Å²) in [6, 6.07) is 11.6. The largest absolute Gasteiger partial charge is 0.335 e. The molecule has 3 aromatic rings.